The molecular formula is C19H16Cl3NO2. The summed E-state index contributed by atoms with van der Waals surface area (Å²) in [4.78, 5) is 14.1. The molecule has 0 spiro atoms. The van der Waals surface area contributed by atoms with Gasteiger partial charge in [0.25, 0.3) is 0 Å². The monoisotopic (exact) mass is 395 g/mol. The van der Waals surface area contributed by atoms with Crippen molar-refractivity contribution < 1.29 is 9.53 Å². The van der Waals surface area contributed by atoms with Crippen LogP contribution in [0.2, 0.25) is 15.1 Å². The molecule has 0 bridgehead atoms. The number of anilines is 1. The molecular weight excluding hydrogens is 381 g/mol. The van der Waals surface area contributed by atoms with Gasteiger partial charge in [-0.15, -0.1) is 0 Å². The van der Waals surface area contributed by atoms with Crippen molar-refractivity contribution in [3.8, 4) is 0 Å². The first-order chi connectivity index (χ1) is 11.9. The van der Waals surface area contributed by atoms with Crippen molar-refractivity contribution in [2.45, 2.75) is 19.4 Å². The minimum atomic E-state index is -0.419. The molecule has 2 aromatic rings. The highest BCUT2D eigenvalue weighted by molar-refractivity contribution is 6.42. The lowest BCUT2D eigenvalue weighted by atomic mass is 9.93. The molecule has 2 aromatic carbocycles. The fourth-order valence-corrected chi connectivity index (χ4v) is 3.55. The van der Waals surface area contributed by atoms with E-state index in [-0.39, 0.29) is 6.04 Å². The summed E-state index contributed by atoms with van der Waals surface area (Å²) >= 11 is 18.2. The van der Waals surface area contributed by atoms with Crippen LogP contribution in [-0.2, 0) is 11.2 Å². The average Bonchev–Trinajstić information content (AvgIpc) is 2.58. The number of nitrogens with zero attached hydrogens (tertiary/aromatic N) is 1. The Bertz CT molecular complexity index is 864. The summed E-state index contributed by atoms with van der Waals surface area (Å²) < 4.78 is 5.00. The third-order valence-corrected chi connectivity index (χ3v) is 5.19. The van der Waals surface area contributed by atoms with Gasteiger partial charge in [0.2, 0.25) is 0 Å². The highest BCUT2D eigenvalue weighted by Crippen LogP contribution is 2.37. The first-order valence-corrected chi connectivity index (χ1v) is 8.83. The van der Waals surface area contributed by atoms with E-state index in [1.165, 1.54) is 7.11 Å². The smallest absolute Gasteiger partial charge is 0.414 e. The van der Waals surface area contributed by atoms with Gasteiger partial charge < -0.3 is 4.74 Å². The van der Waals surface area contributed by atoms with Crippen LogP contribution in [0, 0.1) is 0 Å². The van der Waals surface area contributed by atoms with E-state index in [1.807, 2.05) is 37.3 Å². The van der Waals surface area contributed by atoms with Gasteiger partial charge in [-0.2, -0.15) is 0 Å². The summed E-state index contributed by atoms with van der Waals surface area (Å²) in [6.45, 7) is 2.01. The van der Waals surface area contributed by atoms with Crippen molar-refractivity contribution in [1.29, 1.82) is 0 Å². The molecule has 0 saturated carbocycles. The third kappa shape index (κ3) is 3.64. The number of hydrogen-bond donors (Lipinski definition) is 0. The maximum Gasteiger partial charge on any atom is 0.414 e. The molecule has 1 aliphatic rings. The maximum atomic E-state index is 12.4. The van der Waals surface area contributed by atoms with E-state index in [1.54, 1.807) is 17.0 Å². The summed E-state index contributed by atoms with van der Waals surface area (Å²) in [6.07, 6.45) is 2.21. The number of amides is 1. The molecule has 1 heterocycles. The van der Waals surface area contributed by atoms with Crippen LogP contribution < -0.4 is 4.90 Å². The number of benzene rings is 2. The van der Waals surface area contributed by atoms with Gasteiger partial charge in [0, 0.05) is 10.6 Å². The van der Waals surface area contributed by atoms with E-state index in [0.29, 0.717) is 21.5 Å². The normalized spacial score (nSPS) is 16.3. The molecule has 1 atom stereocenters. The summed E-state index contributed by atoms with van der Waals surface area (Å²) in [5.74, 6) is 0. The molecule has 0 saturated heterocycles. The van der Waals surface area contributed by atoms with E-state index < -0.39 is 6.09 Å². The quantitative estimate of drug-likeness (QED) is 0.600. The maximum absolute atomic E-state index is 12.4. The Hall–Kier alpha value is -1.68. The Kier molecular flexibility index (Phi) is 5.28. The number of halogens is 3. The molecule has 3 nitrogen and oxygen atoms in total. The standard InChI is InChI=1S/C19H16Cl3NO2/c1-11-7-14(8-12-3-5-16(21)17(22)9-12)23(19(24)25-2)18-6-4-13(20)10-15(11)18/h3-7,9-10,14H,8H2,1-2H3. The molecule has 130 valence electrons. The Morgan fingerprint density at radius 1 is 1.12 bits per heavy atom. The predicted molar refractivity (Wildman–Crippen MR) is 104 cm³/mol. The number of rotatable bonds is 2. The van der Waals surface area contributed by atoms with Crippen molar-refractivity contribution in [1.82, 2.24) is 0 Å². The minimum Gasteiger partial charge on any atom is -0.452 e. The van der Waals surface area contributed by atoms with E-state index in [9.17, 15) is 4.79 Å². The highest BCUT2D eigenvalue weighted by Gasteiger charge is 2.31. The Labute approximate surface area is 161 Å². The summed E-state index contributed by atoms with van der Waals surface area (Å²) in [7, 11) is 1.37. The lowest BCUT2D eigenvalue weighted by molar-refractivity contribution is 0.177. The number of ether oxygens (including phenoxy) is 1. The zero-order valence-corrected chi connectivity index (χ0v) is 16.0. The molecule has 6 heteroatoms. The molecule has 0 aromatic heterocycles. The largest absolute Gasteiger partial charge is 0.452 e. The Morgan fingerprint density at radius 3 is 2.56 bits per heavy atom. The fraction of sp³-hybridized carbons (Fsp3) is 0.211. The zero-order valence-electron chi connectivity index (χ0n) is 13.7. The first-order valence-electron chi connectivity index (χ1n) is 7.70. The molecule has 0 aliphatic carbocycles. The minimum absolute atomic E-state index is 0.196. The van der Waals surface area contributed by atoms with Crippen molar-refractivity contribution in [2.24, 2.45) is 0 Å². The molecule has 0 fully saturated rings. The van der Waals surface area contributed by atoms with Crippen LogP contribution in [0.25, 0.3) is 5.57 Å². The van der Waals surface area contributed by atoms with Crippen LogP contribution in [0.3, 0.4) is 0 Å². The van der Waals surface area contributed by atoms with E-state index in [2.05, 4.69) is 0 Å². The lowest BCUT2D eigenvalue weighted by Crippen LogP contribution is -2.43. The van der Waals surface area contributed by atoms with E-state index in [0.717, 1.165) is 22.4 Å². The van der Waals surface area contributed by atoms with Crippen LogP contribution >= 0.6 is 34.8 Å². The van der Waals surface area contributed by atoms with Gasteiger partial charge in [0.05, 0.1) is 28.9 Å². The highest BCUT2D eigenvalue weighted by atomic mass is 35.5. The lowest BCUT2D eigenvalue weighted by Gasteiger charge is -2.34. The molecule has 1 amide bonds. The predicted octanol–water partition coefficient (Wildman–Crippen LogP) is 6.25. The molecule has 25 heavy (non-hydrogen) atoms. The summed E-state index contributed by atoms with van der Waals surface area (Å²) in [6, 6.07) is 10.8. The van der Waals surface area contributed by atoms with Crippen molar-refractivity contribution in [3.63, 3.8) is 0 Å². The molecule has 0 N–H and O–H groups in total. The Balaban J connectivity index is 2.02. The van der Waals surface area contributed by atoms with Crippen molar-refractivity contribution in [3.05, 3.63) is 68.7 Å². The molecule has 1 aliphatic heterocycles. The topological polar surface area (TPSA) is 29.5 Å². The summed E-state index contributed by atoms with van der Waals surface area (Å²) in [5.41, 5.74) is 3.74. The average molecular weight is 397 g/mol. The number of hydrogen-bond acceptors (Lipinski definition) is 2. The van der Waals surface area contributed by atoms with Crippen LogP contribution in [0.5, 0.6) is 0 Å². The van der Waals surface area contributed by atoms with E-state index in [4.69, 9.17) is 39.5 Å². The van der Waals surface area contributed by atoms with Gasteiger partial charge in [-0.25, -0.2) is 4.79 Å². The van der Waals surface area contributed by atoms with Gasteiger partial charge in [-0.3, -0.25) is 4.90 Å². The number of carbonyl (C=O) groups is 1. The molecule has 1 unspecified atom stereocenters. The second-order valence-electron chi connectivity index (χ2n) is 5.87. The molecule has 3 rings (SSSR count). The zero-order chi connectivity index (χ0) is 18.1. The second-order valence-corrected chi connectivity index (χ2v) is 7.12. The van der Waals surface area contributed by atoms with Gasteiger partial charge in [0.15, 0.2) is 0 Å². The number of fused-ring (bicyclic) bond motifs is 1. The van der Waals surface area contributed by atoms with Crippen molar-refractivity contribution in [2.75, 3.05) is 12.0 Å². The van der Waals surface area contributed by atoms with Crippen LogP contribution in [0.1, 0.15) is 18.1 Å². The second kappa shape index (κ2) is 7.28. The van der Waals surface area contributed by atoms with Crippen molar-refractivity contribution >= 4 is 52.2 Å². The van der Waals surface area contributed by atoms with Gasteiger partial charge in [0.1, 0.15) is 0 Å². The van der Waals surface area contributed by atoms with Gasteiger partial charge in [-0.05, 0) is 54.8 Å². The third-order valence-electron chi connectivity index (χ3n) is 4.22. The van der Waals surface area contributed by atoms with Crippen LogP contribution in [-0.4, -0.2) is 19.2 Å². The number of carbonyl (C=O) groups excluding carboxylic acids is 1. The van der Waals surface area contributed by atoms with Crippen LogP contribution in [0.4, 0.5) is 10.5 Å². The fourth-order valence-electron chi connectivity index (χ4n) is 3.06. The van der Waals surface area contributed by atoms with Crippen LogP contribution in [0.15, 0.2) is 42.5 Å². The van der Waals surface area contributed by atoms with E-state index >= 15 is 0 Å². The summed E-state index contributed by atoms with van der Waals surface area (Å²) in [5, 5.41) is 1.62. The Morgan fingerprint density at radius 2 is 1.88 bits per heavy atom. The SMILES string of the molecule is COC(=O)N1c2ccc(Cl)cc2C(C)=CC1Cc1ccc(Cl)c(Cl)c1. The van der Waals surface area contributed by atoms with Gasteiger partial charge in [-0.1, -0.05) is 46.9 Å². The van der Waals surface area contributed by atoms with Gasteiger partial charge >= 0.3 is 6.09 Å². The number of allylic oxidation sites excluding steroid dienone is 1. The molecule has 0 radical (unpaired) electrons. The first kappa shape index (κ1) is 18.1. The number of methoxy groups -OCH3 is 1.